The summed E-state index contributed by atoms with van der Waals surface area (Å²) in [7, 11) is 0. The second-order valence-corrected chi connectivity index (χ2v) is 6.11. The number of hydrogen-bond donors (Lipinski definition) is 0. The minimum Gasteiger partial charge on any atom is -0.483 e. The van der Waals surface area contributed by atoms with Crippen LogP contribution >= 0.6 is 11.3 Å². The first kappa shape index (κ1) is 16.7. The number of ether oxygens (including phenoxy) is 1. The molecule has 1 aliphatic rings. The Morgan fingerprint density at radius 2 is 2.29 bits per heavy atom. The number of nitrogens with zero attached hydrogens (tertiary/aromatic N) is 2. The van der Waals surface area contributed by atoms with Gasteiger partial charge in [0.2, 0.25) is 5.89 Å². The quantitative estimate of drug-likeness (QED) is 0.779. The van der Waals surface area contributed by atoms with Crippen LogP contribution in [0.2, 0.25) is 0 Å². The summed E-state index contributed by atoms with van der Waals surface area (Å²) in [5.74, 6) is -0.354. The highest BCUT2D eigenvalue weighted by Gasteiger charge is 2.33. The molecular formula is C14H12F4N2O3S. The van der Waals surface area contributed by atoms with Crippen molar-refractivity contribution >= 4 is 17.2 Å². The van der Waals surface area contributed by atoms with E-state index in [4.69, 9.17) is 9.15 Å². The molecule has 0 radical (unpaired) electrons. The summed E-state index contributed by atoms with van der Waals surface area (Å²) in [6, 6.07) is 0.880. The Labute approximate surface area is 137 Å². The zero-order valence-electron chi connectivity index (χ0n) is 12.2. The van der Waals surface area contributed by atoms with Crippen molar-refractivity contribution in [1.82, 2.24) is 9.88 Å². The van der Waals surface area contributed by atoms with Crippen LogP contribution in [0.5, 0.6) is 5.75 Å². The first-order chi connectivity index (χ1) is 11.3. The Morgan fingerprint density at radius 3 is 2.92 bits per heavy atom. The fourth-order valence-corrected chi connectivity index (χ4v) is 2.92. The van der Waals surface area contributed by atoms with Gasteiger partial charge in [-0.05, 0) is 6.42 Å². The topological polar surface area (TPSA) is 55.6 Å². The van der Waals surface area contributed by atoms with Crippen molar-refractivity contribution in [3.05, 3.63) is 34.2 Å². The van der Waals surface area contributed by atoms with E-state index in [2.05, 4.69) is 4.98 Å². The summed E-state index contributed by atoms with van der Waals surface area (Å²) in [5.41, 5.74) is 0.0176. The Kier molecular flexibility index (Phi) is 4.48. The largest absolute Gasteiger partial charge is 0.483 e. The minimum atomic E-state index is -4.42. The summed E-state index contributed by atoms with van der Waals surface area (Å²) in [4.78, 5) is 16.6. The van der Waals surface area contributed by atoms with Gasteiger partial charge in [-0.15, -0.1) is 11.3 Å². The zero-order valence-corrected chi connectivity index (χ0v) is 13.0. The highest BCUT2D eigenvalue weighted by atomic mass is 32.1. The first-order valence-corrected chi connectivity index (χ1v) is 7.87. The van der Waals surface area contributed by atoms with Gasteiger partial charge < -0.3 is 14.1 Å². The molecule has 1 saturated heterocycles. The van der Waals surface area contributed by atoms with Gasteiger partial charge in [0.25, 0.3) is 5.91 Å². The van der Waals surface area contributed by atoms with Gasteiger partial charge in [-0.1, -0.05) is 0 Å². The molecule has 2 aromatic rings. The lowest BCUT2D eigenvalue weighted by Gasteiger charge is -2.12. The fourth-order valence-electron chi connectivity index (χ4n) is 2.23. The predicted octanol–water partition coefficient (Wildman–Crippen LogP) is 3.52. The molecule has 3 rings (SSSR count). The highest BCUT2D eigenvalue weighted by Crippen LogP contribution is 2.36. The Balaban J connectivity index is 1.58. The van der Waals surface area contributed by atoms with E-state index in [1.165, 1.54) is 10.3 Å². The summed E-state index contributed by atoms with van der Waals surface area (Å²) in [6.07, 6.45) is -4.04. The molecular weight excluding hydrogens is 352 g/mol. The van der Waals surface area contributed by atoms with Gasteiger partial charge in [-0.3, -0.25) is 4.79 Å². The SMILES string of the molecule is O=C(c1coc(COc2csc(C(F)(F)F)c2)n1)N1CCC(F)C1. The molecule has 0 aliphatic carbocycles. The monoisotopic (exact) mass is 364 g/mol. The smallest absolute Gasteiger partial charge is 0.425 e. The van der Waals surface area contributed by atoms with Gasteiger partial charge in [-0.2, -0.15) is 13.2 Å². The maximum atomic E-state index is 13.1. The van der Waals surface area contributed by atoms with Crippen molar-refractivity contribution in [2.24, 2.45) is 0 Å². The molecule has 2 aromatic heterocycles. The number of aromatic nitrogens is 1. The minimum absolute atomic E-state index is 0.0176. The van der Waals surface area contributed by atoms with Crippen molar-refractivity contribution in [2.75, 3.05) is 13.1 Å². The maximum Gasteiger partial charge on any atom is 0.425 e. The number of oxazole rings is 1. The van der Waals surface area contributed by atoms with E-state index in [-0.39, 0.29) is 30.5 Å². The van der Waals surface area contributed by atoms with Gasteiger partial charge in [0.05, 0.1) is 6.54 Å². The van der Waals surface area contributed by atoms with Crippen molar-refractivity contribution < 1.29 is 31.5 Å². The molecule has 0 spiro atoms. The molecule has 0 bridgehead atoms. The van der Waals surface area contributed by atoms with Crippen molar-refractivity contribution in [1.29, 1.82) is 0 Å². The molecule has 1 aliphatic heterocycles. The summed E-state index contributed by atoms with van der Waals surface area (Å²) in [6.45, 7) is 0.119. The van der Waals surface area contributed by atoms with Gasteiger partial charge in [0.1, 0.15) is 23.1 Å². The van der Waals surface area contributed by atoms with E-state index >= 15 is 0 Å². The number of halogens is 4. The number of hydrogen-bond acceptors (Lipinski definition) is 5. The maximum absolute atomic E-state index is 13.1. The third kappa shape index (κ3) is 3.69. The normalized spacial score (nSPS) is 18.2. The second-order valence-electron chi connectivity index (χ2n) is 5.20. The molecule has 0 saturated carbocycles. The number of carbonyl (C=O) groups is 1. The third-order valence-corrected chi connectivity index (χ3v) is 4.36. The average Bonchev–Trinajstić information content (AvgIpc) is 3.24. The molecule has 1 unspecified atom stereocenters. The molecule has 5 nitrogen and oxygen atoms in total. The number of rotatable bonds is 4. The number of thiophene rings is 1. The van der Waals surface area contributed by atoms with Crippen LogP contribution in [0.1, 0.15) is 27.7 Å². The third-order valence-electron chi connectivity index (χ3n) is 3.41. The number of carbonyl (C=O) groups excluding carboxylic acids is 1. The lowest BCUT2D eigenvalue weighted by molar-refractivity contribution is -0.134. The van der Waals surface area contributed by atoms with Gasteiger partial charge in [0.15, 0.2) is 12.3 Å². The second kappa shape index (κ2) is 6.42. The van der Waals surface area contributed by atoms with Crippen LogP contribution < -0.4 is 4.74 Å². The van der Waals surface area contributed by atoms with Gasteiger partial charge in [0, 0.05) is 18.0 Å². The van der Waals surface area contributed by atoms with Crippen LogP contribution in [0.25, 0.3) is 0 Å². The molecule has 24 heavy (non-hydrogen) atoms. The number of amides is 1. The summed E-state index contributed by atoms with van der Waals surface area (Å²) in [5, 5.41) is 1.23. The van der Waals surface area contributed by atoms with Crippen LogP contribution in [-0.2, 0) is 12.8 Å². The standard InChI is InChI=1S/C14H12F4N2O3S/c15-8-1-2-20(4-8)13(21)10-5-23-12(19-10)6-22-9-3-11(24-7-9)14(16,17)18/h3,5,7-8H,1-2,4,6H2. The molecule has 10 heteroatoms. The van der Waals surface area contributed by atoms with Gasteiger partial charge >= 0.3 is 6.18 Å². The first-order valence-electron chi connectivity index (χ1n) is 6.99. The van der Waals surface area contributed by atoms with Crippen molar-refractivity contribution in [3.8, 4) is 5.75 Å². The molecule has 1 atom stereocenters. The van der Waals surface area contributed by atoms with Crippen LogP contribution in [0.15, 0.2) is 22.1 Å². The molecule has 0 aromatic carbocycles. The summed E-state index contributed by atoms with van der Waals surface area (Å²) < 4.78 is 60.8. The van der Waals surface area contributed by atoms with E-state index in [0.29, 0.717) is 24.3 Å². The van der Waals surface area contributed by atoms with Crippen LogP contribution in [0.4, 0.5) is 17.6 Å². The molecule has 3 heterocycles. The Hall–Kier alpha value is -2.10. The van der Waals surface area contributed by atoms with Crippen LogP contribution in [0.3, 0.4) is 0 Å². The van der Waals surface area contributed by atoms with Crippen LogP contribution in [-0.4, -0.2) is 35.1 Å². The molecule has 130 valence electrons. The van der Waals surface area contributed by atoms with E-state index in [1.54, 1.807) is 0 Å². The van der Waals surface area contributed by atoms with Gasteiger partial charge in [-0.25, -0.2) is 9.37 Å². The average molecular weight is 364 g/mol. The number of alkyl halides is 4. The fraction of sp³-hybridized carbons (Fsp3) is 0.429. The molecule has 0 N–H and O–H groups in total. The highest BCUT2D eigenvalue weighted by molar-refractivity contribution is 7.10. The van der Waals surface area contributed by atoms with E-state index in [0.717, 1.165) is 12.3 Å². The zero-order chi connectivity index (χ0) is 17.3. The Morgan fingerprint density at radius 1 is 1.50 bits per heavy atom. The van der Waals surface area contributed by atoms with Crippen molar-refractivity contribution in [3.63, 3.8) is 0 Å². The molecule has 1 fully saturated rings. The van der Waals surface area contributed by atoms with Crippen LogP contribution in [0, 0.1) is 0 Å². The lowest BCUT2D eigenvalue weighted by Crippen LogP contribution is -2.29. The van der Waals surface area contributed by atoms with E-state index < -0.39 is 23.1 Å². The predicted molar refractivity (Wildman–Crippen MR) is 75.6 cm³/mol. The Bertz CT molecular complexity index is 728. The van der Waals surface area contributed by atoms with Crippen molar-refractivity contribution in [2.45, 2.75) is 25.4 Å². The molecule has 1 amide bonds. The summed E-state index contributed by atoms with van der Waals surface area (Å²) >= 11 is 0.521. The lowest BCUT2D eigenvalue weighted by atomic mass is 10.3. The van der Waals surface area contributed by atoms with E-state index in [9.17, 15) is 22.4 Å². The number of likely N-dealkylation sites (tertiary alicyclic amines) is 1. The van der Waals surface area contributed by atoms with E-state index in [1.807, 2.05) is 0 Å².